The monoisotopic (exact) mass is 308 g/mol. The van der Waals surface area contributed by atoms with Crippen LogP contribution < -0.4 is 10.6 Å². The van der Waals surface area contributed by atoms with Crippen molar-refractivity contribution in [1.82, 2.24) is 15.5 Å². The number of hydrogen-bond acceptors (Lipinski definition) is 2. The Morgan fingerprint density at radius 2 is 1.86 bits per heavy atom. The Kier molecular flexibility index (Phi) is 8.51. The average Bonchev–Trinajstić information content (AvgIpc) is 2.51. The molecule has 0 heterocycles. The average molecular weight is 308 g/mol. The third-order valence-electron chi connectivity index (χ3n) is 3.64. The van der Waals surface area contributed by atoms with E-state index in [-0.39, 0.29) is 11.9 Å². The minimum atomic E-state index is -0.206. The molecule has 1 aromatic carbocycles. The molecule has 0 saturated carbocycles. The van der Waals surface area contributed by atoms with Crippen molar-refractivity contribution in [2.45, 2.75) is 32.2 Å². The van der Waals surface area contributed by atoms with Crippen molar-refractivity contribution in [1.29, 1.82) is 0 Å². The number of halogens is 1. The van der Waals surface area contributed by atoms with E-state index in [0.29, 0.717) is 6.54 Å². The Morgan fingerprint density at radius 3 is 2.41 bits per heavy atom. The van der Waals surface area contributed by atoms with E-state index in [9.17, 15) is 4.39 Å². The second-order valence-electron chi connectivity index (χ2n) is 5.62. The lowest BCUT2D eigenvalue weighted by molar-refractivity contribution is 0.298. The predicted molar refractivity (Wildman–Crippen MR) is 91.7 cm³/mol. The topological polar surface area (TPSA) is 39.7 Å². The van der Waals surface area contributed by atoms with Crippen molar-refractivity contribution < 1.29 is 4.39 Å². The number of hydrogen-bond donors (Lipinski definition) is 2. The van der Waals surface area contributed by atoms with Crippen LogP contribution in [0.2, 0.25) is 0 Å². The molecule has 0 aromatic heterocycles. The van der Waals surface area contributed by atoms with Gasteiger partial charge in [-0.2, -0.15) is 0 Å². The molecule has 4 nitrogen and oxygen atoms in total. The summed E-state index contributed by atoms with van der Waals surface area (Å²) in [5.41, 5.74) is 1.08. The van der Waals surface area contributed by atoms with E-state index in [1.165, 1.54) is 25.0 Å². The van der Waals surface area contributed by atoms with Crippen molar-refractivity contribution in [3.05, 3.63) is 35.6 Å². The molecule has 0 aliphatic heterocycles. The lowest BCUT2D eigenvalue weighted by Gasteiger charge is -2.26. The molecule has 1 unspecified atom stereocenters. The number of likely N-dealkylation sites (N-methyl/N-ethyl adjacent to an activating group) is 1. The Labute approximate surface area is 133 Å². The van der Waals surface area contributed by atoms with E-state index in [2.05, 4.69) is 27.4 Å². The van der Waals surface area contributed by atoms with Crippen molar-refractivity contribution in [3.8, 4) is 0 Å². The number of nitrogens with zero attached hydrogens (tertiary/aromatic N) is 2. The summed E-state index contributed by atoms with van der Waals surface area (Å²) < 4.78 is 13.1. The van der Waals surface area contributed by atoms with E-state index < -0.39 is 0 Å². The number of nitrogens with one attached hydrogen (secondary N) is 2. The van der Waals surface area contributed by atoms with Crippen LogP contribution in [0.4, 0.5) is 4.39 Å². The normalized spacial score (nSPS) is 13.3. The summed E-state index contributed by atoms with van der Waals surface area (Å²) in [5.74, 6) is 0.604. The molecule has 22 heavy (non-hydrogen) atoms. The summed E-state index contributed by atoms with van der Waals surface area (Å²) in [6.45, 7) is 3.83. The zero-order valence-corrected chi connectivity index (χ0v) is 14.2. The summed E-state index contributed by atoms with van der Waals surface area (Å²) in [5, 5.41) is 6.66. The van der Waals surface area contributed by atoms with Gasteiger partial charge in [0, 0.05) is 20.1 Å². The smallest absolute Gasteiger partial charge is 0.191 e. The second kappa shape index (κ2) is 10.2. The maximum atomic E-state index is 13.1. The minimum Gasteiger partial charge on any atom is -0.356 e. The fraction of sp³-hybridized carbons (Fsp3) is 0.588. The van der Waals surface area contributed by atoms with Gasteiger partial charge in [0.25, 0.3) is 0 Å². The highest BCUT2D eigenvalue weighted by Gasteiger charge is 2.14. The molecule has 1 aromatic rings. The number of rotatable bonds is 8. The molecule has 2 N–H and O–H groups in total. The Bertz CT molecular complexity index is 442. The number of unbranched alkanes of at least 4 members (excludes halogenated alkanes) is 2. The second-order valence-corrected chi connectivity index (χ2v) is 5.62. The molecule has 0 spiro atoms. The molecule has 0 aliphatic carbocycles. The first-order chi connectivity index (χ1) is 10.6. The summed E-state index contributed by atoms with van der Waals surface area (Å²) in [6, 6.07) is 6.83. The van der Waals surface area contributed by atoms with Crippen LogP contribution in [0.5, 0.6) is 0 Å². The molecule has 0 saturated heterocycles. The van der Waals surface area contributed by atoms with Crippen LogP contribution in [-0.2, 0) is 0 Å². The van der Waals surface area contributed by atoms with Gasteiger partial charge in [-0.1, -0.05) is 31.9 Å². The van der Waals surface area contributed by atoms with Gasteiger partial charge in [0.1, 0.15) is 5.82 Å². The van der Waals surface area contributed by atoms with Crippen molar-refractivity contribution in [2.24, 2.45) is 4.99 Å². The SMILES string of the molecule is CCCCCNC(=NC)NCC(c1ccc(F)cc1)N(C)C. The maximum Gasteiger partial charge on any atom is 0.191 e. The molecule has 1 atom stereocenters. The maximum absolute atomic E-state index is 13.1. The molecule has 1 rings (SSSR count). The van der Waals surface area contributed by atoms with Gasteiger partial charge in [-0.05, 0) is 38.2 Å². The van der Waals surface area contributed by atoms with Gasteiger partial charge < -0.3 is 15.5 Å². The summed E-state index contributed by atoms with van der Waals surface area (Å²) in [7, 11) is 5.82. The molecular formula is C17H29FN4. The summed E-state index contributed by atoms with van der Waals surface area (Å²) in [4.78, 5) is 6.36. The highest BCUT2D eigenvalue weighted by molar-refractivity contribution is 5.79. The molecule has 5 heteroatoms. The van der Waals surface area contributed by atoms with Crippen molar-refractivity contribution >= 4 is 5.96 Å². The van der Waals surface area contributed by atoms with Crippen molar-refractivity contribution in [2.75, 3.05) is 34.2 Å². The van der Waals surface area contributed by atoms with Gasteiger partial charge in [0.15, 0.2) is 5.96 Å². The summed E-state index contributed by atoms with van der Waals surface area (Å²) in [6.07, 6.45) is 3.58. The van der Waals surface area contributed by atoms with Gasteiger partial charge in [0.2, 0.25) is 0 Å². The first-order valence-corrected chi connectivity index (χ1v) is 7.94. The van der Waals surface area contributed by atoms with E-state index in [1.807, 2.05) is 26.2 Å². The van der Waals surface area contributed by atoms with Gasteiger partial charge in [-0.25, -0.2) is 4.39 Å². The van der Waals surface area contributed by atoms with Crippen LogP contribution in [0.3, 0.4) is 0 Å². The summed E-state index contributed by atoms with van der Waals surface area (Å²) >= 11 is 0. The molecule has 0 radical (unpaired) electrons. The van der Waals surface area contributed by atoms with E-state index in [1.54, 1.807) is 7.05 Å². The lowest BCUT2D eigenvalue weighted by atomic mass is 10.1. The van der Waals surface area contributed by atoms with Gasteiger partial charge in [-0.15, -0.1) is 0 Å². The first-order valence-electron chi connectivity index (χ1n) is 7.94. The Balaban J connectivity index is 2.54. The standard InChI is InChI=1S/C17H29FN4/c1-5-6-7-12-20-17(19-2)21-13-16(22(3)4)14-8-10-15(18)11-9-14/h8-11,16H,5-7,12-13H2,1-4H3,(H2,19,20,21). The molecule has 0 amide bonds. The molecule has 0 fully saturated rings. The van der Waals surface area contributed by atoms with Gasteiger partial charge in [0.05, 0.1) is 6.04 Å². The first kappa shape index (κ1) is 18.4. The fourth-order valence-electron chi connectivity index (χ4n) is 2.28. The zero-order chi connectivity index (χ0) is 16.4. The highest BCUT2D eigenvalue weighted by atomic mass is 19.1. The molecule has 0 aliphatic rings. The number of aliphatic imine (C=N–C) groups is 1. The fourth-order valence-corrected chi connectivity index (χ4v) is 2.28. The van der Waals surface area contributed by atoms with Crippen LogP contribution in [0.15, 0.2) is 29.3 Å². The van der Waals surface area contributed by atoms with E-state index >= 15 is 0 Å². The molecular weight excluding hydrogens is 279 g/mol. The predicted octanol–water partition coefficient (Wildman–Crippen LogP) is 2.78. The highest BCUT2D eigenvalue weighted by Crippen LogP contribution is 2.17. The van der Waals surface area contributed by atoms with Crippen molar-refractivity contribution in [3.63, 3.8) is 0 Å². The third kappa shape index (κ3) is 6.43. The van der Waals surface area contributed by atoms with E-state index in [0.717, 1.165) is 24.5 Å². The largest absolute Gasteiger partial charge is 0.356 e. The molecule has 124 valence electrons. The van der Waals surface area contributed by atoms with Gasteiger partial charge in [-0.3, -0.25) is 4.99 Å². The van der Waals surface area contributed by atoms with Crippen LogP contribution in [0.25, 0.3) is 0 Å². The third-order valence-corrected chi connectivity index (χ3v) is 3.64. The van der Waals surface area contributed by atoms with Gasteiger partial charge >= 0.3 is 0 Å². The Hall–Kier alpha value is -1.62. The Morgan fingerprint density at radius 1 is 1.18 bits per heavy atom. The number of benzene rings is 1. The van der Waals surface area contributed by atoms with E-state index in [4.69, 9.17) is 0 Å². The zero-order valence-electron chi connectivity index (χ0n) is 14.2. The lowest BCUT2D eigenvalue weighted by Crippen LogP contribution is -2.42. The number of guanidine groups is 1. The van der Waals surface area contributed by atoms with Crippen LogP contribution in [0.1, 0.15) is 37.8 Å². The molecule has 0 bridgehead atoms. The van der Waals surface area contributed by atoms with Crippen LogP contribution in [-0.4, -0.2) is 45.1 Å². The van der Waals surface area contributed by atoms with Crippen LogP contribution >= 0.6 is 0 Å². The quantitative estimate of drug-likeness (QED) is 0.441. The van der Waals surface area contributed by atoms with Crippen LogP contribution in [0, 0.1) is 5.82 Å². The minimum absolute atomic E-state index is 0.162.